The van der Waals surface area contributed by atoms with E-state index >= 15 is 0 Å². The van der Waals surface area contributed by atoms with E-state index in [4.69, 9.17) is 16.9 Å². The predicted octanol–water partition coefficient (Wildman–Crippen LogP) is 0.786. The zero-order valence-corrected chi connectivity index (χ0v) is 9.09. The molecule has 5 heteroatoms. The Morgan fingerprint density at radius 2 is 1.87 bits per heavy atom. The Bertz CT molecular complexity index is 319. The van der Waals surface area contributed by atoms with Crippen molar-refractivity contribution in [3.05, 3.63) is 29.0 Å². The molecular weight excluding hydrogens is 212 g/mol. The van der Waals surface area contributed by atoms with E-state index in [-0.39, 0.29) is 5.15 Å². The Morgan fingerprint density at radius 3 is 2.20 bits per heavy atom. The summed E-state index contributed by atoms with van der Waals surface area (Å²) in [6, 6.07) is 5.19. The van der Waals surface area contributed by atoms with Crippen molar-refractivity contribution in [1.29, 1.82) is 5.26 Å². The van der Waals surface area contributed by atoms with Crippen LogP contribution in [0.4, 0.5) is 0 Å². The largest absolute Gasteiger partial charge is 0.314 e. The van der Waals surface area contributed by atoms with Crippen LogP contribution >= 0.6 is 11.6 Å². The van der Waals surface area contributed by atoms with Gasteiger partial charge in [0.2, 0.25) is 0 Å². The van der Waals surface area contributed by atoms with Crippen molar-refractivity contribution in [2.45, 2.75) is 0 Å². The molecule has 0 unspecified atom stereocenters. The smallest absolute Gasteiger partial charge is 0.146 e. The molecule has 0 aliphatic carbocycles. The number of hydrogen-bond acceptors (Lipinski definition) is 4. The second kappa shape index (κ2) is 7.18. The molecule has 2 N–H and O–H groups in total. The number of halogens is 1. The van der Waals surface area contributed by atoms with Gasteiger partial charge in [0.1, 0.15) is 11.2 Å². The molecule has 80 valence electrons. The Hall–Kier alpha value is -1.15. The fraction of sp³-hybridized carbons (Fsp3) is 0.400. The number of aromatic nitrogens is 1. The molecule has 0 bridgehead atoms. The van der Waals surface area contributed by atoms with Gasteiger partial charge in [-0.2, -0.15) is 5.26 Å². The minimum absolute atomic E-state index is 0.264. The standard InChI is InChI=1S/C6H3ClN2.C4H10N2/c7-6-5(4-8)2-1-3-9-6;1-2-6-4-3-5-1/h1-3H;5-6H,1-4H2. The van der Waals surface area contributed by atoms with Crippen molar-refractivity contribution in [1.82, 2.24) is 15.6 Å². The Balaban J connectivity index is 0.000000162. The second-order valence-corrected chi connectivity index (χ2v) is 3.31. The lowest BCUT2D eigenvalue weighted by Crippen LogP contribution is -2.39. The molecule has 0 saturated carbocycles. The first kappa shape index (κ1) is 11.9. The molecule has 0 radical (unpaired) electrons. The van der Waals surface area contributed by atoms with Crippen LogP contribution in [0.2, 0.25) is 5.15 Å². The van der Waals surface area contributed by atoms with Gasteiger partial charge in [0.25, 0.3) is 0 Å². The van der Waals surface area contributed by atoms with Gasteiger partial charge in [-0.3, -0.25) is 0 Å². The molecule has 2 heterocycles. The fourth-order valence-electron chi connectivity index (χ4n) is 1.07. The summed E-state index contributed by atoms with van der Waals surface area (Å²) in [4.78, 5) is 3.69. The molecule has 1 aromatic heterocycles. The summed E-state index contributed by atoms with van der Waals surface area (Å²) < 4.78 is 0. The van der Waals surface area contributed by atoms with Crippen LogP contribution in [0.3, 0.4) is 0 Å². The van der Waals surface area contributed by atoms with Gasteiger partial charge in [-0.25, -0.2) is 4.98 Å². The lowest BCUT2D eigenvalue weighted by molar-refractivity contribution is 0.534. The van der Waals surface area contributed by atoms with E-state index in [1.165, 1.54) is 0 Å². The van der Waals surface area contributed by atoms with Gasteiger partial charge in [-0.1, -0.05) is 11.6 Å². The summed E-state index contributed by atoms with van der Waals surface area (Å²) in [5, 5.41) is 15.1. The van der Waals surface area contributed by atoms with Crippen molar-refractivity contribution >= 4 is 11.6 Å². The summed E-state index contributed by atoms with van der Waals surface area (Å²) in [5.41, 5.74) is 0.416. The van der Waals surface area contributed by atoms with E-state index in [9.17, 15) is 0 Å². The predicted molar refractivity (Wildman–Crippen MR) is 59.7 cm³/mol. The molecule has 15 heavy (non-hydrogen) atoms. The number of piperazine rings is 1. The van der Waals surface area contributed by atoms with Crippen molar-refractivity contribution in [3.63, 3.8) is 0 Å². The zero-order valence-electron chi connectivity index (χ0n) is 8.33. The molecule has 1 aliphatic rings. The van der Waals surface area contributed by atoms with E-state index in [2.05, 4.69) is 15.6 Å². The van der Waals surface area contributed by atoms with E-state index in [1.54, 1.807) is 18.3 Å². The van der Waals surface area contributed by atoms with Crippen molar-refractivity contribution in [2.24, 2.45) is 0 Å². The van der Waals surface area contributed by atoms with Gasteiger partial charge in [-0.05, 0) is 12.1 Å². The molecule has 1 fully saturated rings. The summed E-state index contributed by atoms with van der Waals surface area (Å²) in [5.74, 6) is 0. The van der Waals surface area contributed by atoms with E-state index in [0.717, 1.165) is 26.2 Å². The first-order valence-corrected chi connectivity index (χ1v) is 5.14. The summed E-state index contributed by atoms with van der Waals surface area (Å²) >= 11 is 5.49. The molecule has 1 aromatic rings. The van der Waals surface area contributed by atoms with Crippen molar-refractivity contribution in [2.75, 3.05) is 26.2 Å². The average molecular weight is 225 g/mol. The molecule has 0 atom stereocenters. The van der Waals surface area contributed by atoms with Crippen LogP contribution < -0.4 is 10.6 Å². The van der Waals surface area contributed by atoms with E-state index in [1.807, 2.05) is 6.07 Å². The highest BCUT2D eigenvalue weighted by molar-refractivity contribution is 6.30. The zero-order chi connectivity index (χ0) is 10.9. The Kier molecular flexibility index (Phi) is 5.71. The van der Waals surface area contributed by atoms with Gasteiger partial charge in [0.15, 0.2) is 0 Å². The second-order valence-electron chi connectivity index (χ2n) is 2.95. The summed E-state index contributed by atoms with van der Waals surface area (Å²) in [7, 11) is 0. The maximum absolute atomic E-state index is 8.34. The maximum atomic E-state index is 8.34. The molecule has 2 rings (SSSR count). The quantitative estimate of drug-likeness (QED) is 0.640. The minimum Gasteiger partial charge on any atom is -0.314 e. The fourth-order valence-corrected chi connectivity index (χ4v) is 1.23. The first-order chi connectivity index (χ1) is 7.34. The molecule has 0 amide bonds. The minimum atomic E-state index is 0.264. The highest BCUT2D eigenvalue weighted by Crippen LogP contribution is 2.08. The maximum Gasteiger partial charge on any atom is 0.146 e. The molecule has 1 saturated heterocycles. The van der Waals surface area contributed by atoms with Crippen LogP contribution in [-0.2, 0) is 0 Å². The number of nitriles is 1. The van der Waals surface area contributed by atoms with Crippen LogP contribution in [0.15, 0.2) is 18.3 Å². The third kappa shape index (κ3) is 4.75. The van der Waals surface area contributed by atoms with Crippen molar-refractivity contribution in [3.8, 4) is 6.07 Å². The molecule has 1 aliphatic heterocycles. The highest BCUT2D eigenvalue weighted by Gasteiger charge is 1.94. The number of nitrogens with zero attached hydrogens (tertiary/aromatic N) is 2. The summed E-state index contributed by atoms with van der Waals surface area (Å²) in [6.07, 6.45) is 1.54. The van der Waals surface area contributed by atoms with Crippen LogP contribution in [0.25, 0.3) is 0 Å². The average Bonchev–Trinajstić information content (AvgIpc) is 2.33. The third-order valence-electron chi connectivity index (χ3n) is 1.84. The Morgan fingerprint density at radius 1 is 1.27 bits per heavy atom. The summed E-state index contributed by atoms with van der Waals surface area (Å²) in [6.45, 7) is 4.56. The van der Waals surface area contributed by atoms with Gasteiger partial charge >= 0.3 is 0 Å². The number of pyridine rings is 1. The van der Waals surface area contributed by atoms with Crippen LogP contribution in [-0.4, -0.2) is 31.2 Å². The normalized spacial score (nSPS) is 14.7. The van der Waals surface area contributed by atoms with Gasteiger partial charge in [0, 0.05) is 32.4 Å². The third-order valence-corrected chi connectivity index (χ3v) is 2.14. The number of rotatable bonds is 0. The lowest BCUT2D eigenvalue weighted by Gasteiger charge is -2.11. The van der Waals surface area contributed by atoms with Crippen LogP contribution in [0.1, 0.15) is 5.56 Å². The van der Waals surface area contributed by atoms with E-state index < -0.39 is 0 Å². The topological polar surface area (TPSA) is 60.7 Å². The number of hydrogen-bond donors (Lipinski definition) is 2. The van der Waals surface area contributed by atoms with Gasteiger partial charge in [0.05, 0.1) is 5.56 Å². The van der Waals surface area contributed by atoms with Gasteiger partial charge in [-0.15, -0.1) is 0 Å². The van der Waals surface area contributed by atoms with Crippen LogP contribution in [0.5, 0.6) is 0 Å². The first-order valence-electron chi connectivity index (χ1n) is 4.76. The monoisotopic (exact) mass is 224 g/mol. The SMILES string of the molecule is C1CNCCN1.N#Cc1cccnc1Cl. The molecule has 0 spiro atoms. The molecule has 0 aromatic carbocycles. The molecular formula is C10H13ClN4. The van der Waals surface area contributed by atoms with Gasteiger partial charge < -0.3 is 10.6 Å². The lowest BCUT2D eigenvalue weighted by atomic mass is 10.3. The number of nitrogens with one attached hydrogen (secondary N) is 2. The van der Waals surface area contributed by atoms with E-state index in [0.29, 0.717) is 5.56 Å². The highest BCUT2D eigenvalue weighted by atomic mass is 35.5. The van der Waals surface area contributed by atoms with Crippen LogP contribution in [0, 0.1) is 11.3 Å². The molecule has 4 nitrogen and oxygen atoms in total. The Labute approximate surface area is 94.3 Å². The van der Waals surface area contributed by atoms with Crippen molar-refractivity contribution < 1.29 is 0 Å².